The van der Waals surface area contributed by atoms with Crippen molar-refractivity contribution in [1.82, 2.24) is 14.9 Å². The quantitative estimate of drug-likeness (QED) is 0.696. The molecule has 1 aliphatic rings. The third-order valence-electron chi connectivity index (χ3n) is 4.75. The molecular formula is C19H16BrN3O2. The van der Waals surface area contributed by atoms with Gasteiger partial charge in [-0.25, -0.2) is 9.78 Å². The molecule has 0 bridgehead atoms. The van der Waals surface area contributed by atoms with Crippen LogP contribution in [0.15, 0.2) is 65.4 Å². The Morgan fingerprint density at radius 2 is 1.96 bits per heavy atom. The molecule has 1 aromatic heterocycles. The van der Waals surface area contributed by atoms with Crippen LogP contribution in [0.2, 0.25) is 0 Å². The van der Waals surface area contributed by atoms with Crippen molar-refractivity contribution < 1.29 is 9.90 Å². The summed E-state index contributed by atoms with van der Waals surface area (Å²) in [7, 11) is 0. The molecule has 1 amide bonds. The maximum atomic E-state index is 11.0. The molecule has 5 nitrogen and oxygen atoms in total. The summed E-state index contributed by atoms with van der Waals surface area (Å²) in [5.74, 6) is 0.911. The Hall–Kier alpha value is -2.60. The largest absolute Gasteiger partial charge is 0.465 e. The summed E-state index contributed by atoms with van der Waals surface area (Å²) in [5, 5.41) is 11.5. The first-order valence-corrected chi connectivity index (χ1v) is 8.79. The average molecular weight is 398 g/mol. The number of halogens is 1. The van der Waals surface area contributed by atoms with Crippen molar-refractivity contribution >= 4 is 22.0 Å². The number of hydrogen-bond acceptors (Lipinski definition) is 2. The minimum atomic E-state index is -1.01. The monoisotopic (exact) mass is 397 g/mol. The molecule has 25 heavy (non-hydrogen) atoms. The van der Waals surface area contributed by atoms with Crippen LogP contribution in [-0.4, -0.2) is 27.3 Å². The lowest BCUT2D eigenvalue weighted by Crippen LogP contribution is -2.37. The van der Waals surface area contributed by atoms with Crippen LogP contribution in [0.1, 0.15) is 17.5 Å². The van der Waals surface area contributed by atoms with Gasteiger partial charge in [-0.2, -0.15) is 0 Å². The fourth-order valence-corrected chi connectivity index (χ4v) is 4.01. The van der Waals surface area contributed by atoms with Gasteiger partial charge < -0.3 is 15.0 Å². The number of amides is 1. The number of carbonyl (C=O) groups is 1. The number of rotatable bonds is 4. The summed E-state index contributed by atoms with van der Waals surface area (Å²) >= 11 is 3.49. The zero-order valence-electron chi connectivity index (χ0n) is 13.3. The van der Waals surface area contributed by atoms with Crippen LogP contribution < -0.4 is 5.32 Å². The molecule has 0 fully saturated rings. The fraction of sp³-hybridized carbons (Fsp3) is 0.158. The van der Waals surface area contributed by atoms with Gasteiger partial charge in [0.25, 0.3) is 0 Å². The van der Waals surface area contributed by atoms with E-state index in [-0.39, 0.29) is 0 Å². The Morgan fingerprint density at radius 3 is 2.72 bits per heavy atom. The molecule has 4 rings (SSSR count). The minimum Gasteiger partial charge on any atom is -0.465 e. The molecule has 2 aromatic carbocycles. The van der Waals surface area contributed by atoms with Crippen molar-refractivity contribution in [2.75, 3.05) is 6.54 Å². The number of benzene rings is 2. The van der Waals surface area contributed by atoms with E-state index in [9.17, 15) is 4.79 Å². The summed E-state index contributed by atoms with van der Waals surface area (Å²) in [5.41, 5.74) is 2.86. The lowest BCUT2D eigenvalue weighted by atomic mass is 9.80. The third kappa shape index (κ3) is 2.44. The number of carboxylic acid groups (broad SMARTS) is 1. The molecule has 1 aliphatic heterocycles. The fourth-order valence-electron chi connectivity index (χ4n) is 3.75. The highest BCUT2D eigenvalue weighted by Crippen LogP contribution is 2.48. The second-order valence-corrected chi connectivity index (χ2v) is 6.93. The molecule has 0 spiro atoms. The zero-order chi connectivity index (χ0) is 17.4. The van der Waals surface area contributed by atoms with Crippen LogP contribution in [-0.2, 0) is 5.54 Å². The van der Waals surface area contributed by atoms with Crippen LogP contribution in [0.3, 0.4) is 0 Å². The maximum absolute atomic E-state index is 11.0. The van der Waals surface area contributed by atoms with E-state index >= 15 is 0 Å². The topological polar surface area (TPSA) is 67.2 Å². The molecule has 2 heterocycles. The van der Waals surface area contributed by atoms with Gasteiger partial charge in [-0.3, -0.25) is 0 Å². The van der Waals surface area contributed by atoms with Crippen molar-refractivity contribution in [3.8, 4) is 11.4 Å². The highest BCUT2D eigenvalue weighted by atomic mass is 79.9. The molecule has 1 unspecified atom stereocenters. The summed E-state index contributed by atoms with van der Waals surface area (Å²) in [6.45, 7) is 0.345. The highest BCUT2D eigenvalue weighted by molar-refractivity contribution is 9.10. The van der Waals surface area contributed by atoms with E-state index in [0.29, 0.717) is 13.0 Å². The Morgan fingerprint density at radius 1 is 1.20 bits per heavy atom. The first kappa shape index (κ1) is 15.9. The number of aromatic nitrogens is 2. The van der Waals surface area contributed by atoms with Crippen molar-refractivity contribution in [1.29, 1.82) is 0 Å². The van der Waals surface area contributed by atoms with Crippen LogP contribution in [0, 0.1) is 0 Å². The van der Waals surface area contributed by atoms with Crippen LogP contribution >= 0.6 is 15.9 Å². The molecule has 126 valence electrons. The maximum Gasteiger partial charge on any atom is 0.404 e. The minimum absolute atomic E-state index is 0.345. The third-order valence-corrected chi connectivity index (χ3v) is 5.28. The molecule has 6 heteroatoms. The van der Waals surface area contributed by atoms with E-state index in [1.165, 1.54) is 0 Å². The van der Waals surface area contributed by atoms with Crippen molar-refractivity contribution in [3.05, 3.63) is 76.5 Å². The van der Waals surface area contributed by atoms with Gasteiger partial charge in [0.05, 0.1) is 5.54 Å². The van der Waals surface area contributed by atoms with Crippen molar-refractivity contribution in [2.24, 2.45) is 0 Å². The summed E-state index contributed by atoms with van der Waals surface area (Å²) in [6.07, 6.45) is 3.35. The van der Waals surface area contributed by atoms with Crippen LogP contribution in [0.5, 0.6) is 0 Å². The standard InChI is InChI=1S/C19H16BrN3O2/c20-14-7-5-13(6-8-14)19(9-10-22-18(24)25)16-4-2-1-3-15(16)17-21-11-12-23(17)19/h1-8,11-12,22H,9-10H2,(H,24,25). The first-order valence-electron chi connectivity index (χ1n) is 7.99. The average Bonchev–Trinajstić information content (AvgIpc) is 3.18. The number of imidazole rings is 1. The van der Waals surface area contributed by atoms with Gasteiger partial charge in [0, 0.05) is 29.0 Å². The number of hydrogen-bond donors (Lipinski definition) is 2. The van der Waals surface area contributed by atoms with E-state index in [2.05, 4.69) is 55.1 Å². The first-order chi connectivity index (χ1) is 12.1. The van der Waals surface area contributed by atoms with E-state index in [1.54, 1.807) is 6.20 Å². The molecule has 0 aliphatic carbocycles. The highest BCUT2D eigenvalue weighted by Gasteiger charge is 2.44. The van der Waals surface area contributed by atoms with Gasteiger partial charge in [-0.15, -0.1) is 0 Å². The van der Waals surface area contributed by atoms with Gasteiger partial charge in [-0.1, -0.05) is 52.3 Å². The Labute approximate surface area is 153 Å². The second kappa shape index (κ2) is 6.04. The molecule has 0 radical (unpaired) electrons. The molecular weight excluding hydrogens is 382 g/mol. The van der Waals surface area contributed by atoms with E-state index in [0.717, 1.165) is 27.0 Å². The molecule has 3 aromatic rings. The lowest BCUT2D eigenvalue weighted by Gasteiger charge is -2.33. The van der Waals surface area contributed by atoms with Crippen LogP contribution in [0.4, 0.5) is 4.79 Å². The Balaban J connectivity index is 1.92. The van der Waals surface area contributed by atoms with Gasteiger partial charge in [0.1, 0.15) is 5.82 Å². The zero-order valence-corrected chi connectivity index (χ0v) is 14.9. The molecule has 0 saturated carbocycles. The van der Waals surface area contributed by atoms with Crippen LogP contribution in [0.25, 0.3) is 11.4 Å². The SMILES string of the molecule is O=C(O)NCCC1(c2ccc(Br)cc2)c2ccccc2-c2nccn21. The number of fused-ring (bicyclic) bond motifs is 3. The number of nitrogens with zero attached hydrogens (tertiary/aromatic N) is 2. The molecule has 1 atom stereocenters. The summed E-state index contributed by atoms with van der Waals surface area (Å²) < 4.78 is 3.16. The summed E-state index contributed by atoms with van der Waals surface area (Å²) in [4.78, 5) is 15.5. The van der Waals surface area contributed by atoms with Gasteiger partial charge >= 0.3 is 6.09 Å². The van der Waals surface area contributed by atoms with E-state index in [1.807, 2.05) is 30.5 Å². The van der Waals surface area contributed by atoms with Gasteiger partial charge in [0.2, 0.25) is 0 Å². The number of nitrogens with one attached hydrogen (secondary N) is 1. The van der Waals surface area contributed by atoms with E-state index in [4.69, 9.17) is 5.11 Å². The smallest absolute Gasteiger partial charge is 0.404 e. The van der Waals surface area contributed by atoms with Gasteiger partial charge in [-0.05, 0) is 29.7 Å². The normalized spacial score (nSPS) is 17.8. The predicted molar refractivity (Wildman–Crippen MR) is 98.6 cm³/mol. The lowest BCUT2D eigenvalue weighted by molar-refractivity contribution is 0.193. The Kier molecular flexibility index (Phi) is 3.84. The second-order valence-electron chi connectivity index (χ2n) is 6.02. The van der Waals surface area contributed by atoms with Crippen molar-refractivity contribution in [2.45, 2.75) is 12.0 Å². The van der Waals surface area contributed by atoms with E-state index < -0.39 is 11.6 Å². The molecule has 0 saturated heterocycles. The Bertz CT molecular complexity index is 936. The predicted octanol–water partition coefficient (Wildman–Crippen LogP) is 4.08. The van der Waals surface area contributed by atoms with Gasteiger partial charge in [0.15, 0.2) is 0 Å². The summed E-state index contributed by atoms with van der Waals surface area (Å²) in [6, 6.07) is 16.4. The van der Waals surface area contributed by atoms with Crippen molar-refractivity contribution in [3.63, 3.8) is 0 Å². The molecule has 2 N–H and O–H groups in total.